The number of carbonyl (C=O) groups is 1. The van der Waals surface area contributed by atoms with Crippen molar-refractivity contribution in [2.75, 3.05) is 7.11 Å². The summed E-state index contributed by atoms with van der Waals surface area (Å²) in [5, 5.41) is 14.8. The van der Waals surface area contributed by atoms with E-state index in [4.69, 9.17) is 4.74 Å². The highest BCUT2D eigenvalue weighted by Gasteiger charge is 2.09. The normalized spacial score (nSPS) is 11.0. The minimum absolute atomic E-state index is 0.0671. The van der Waals surface area contributed by atoms with E-state index in [-0.39, 0.29) is 5.69 Å². The number of nitro groups is 1. The molecule has 0 heterocycles. The number of non-ortho nitro benzene ring substituents is 1. The first-order valence-electron chi connectivity index (χ1n) is 7.31. The molecule has 0 aromatic heterocycles. The minimum atomic E-state index is -0.515. The van der Waals surface area contributed by atoms with Crippen LogP contribution in [-0.4, -0.2) is 23.7 Å². The molecule has 0 unspecified atom stereocenters. The predicted octanol–water partition coefficient (Wildman–Crippen LogP) is 3.15. The second-order valence-corrected chi connectivity index (χ2v) is 4.89. The van der Waals surface area contributed by atoms with E-state index in [0.29, 0.717) is 17.7 Å². The lowest BCUT2D eigenvalue weighted by Crippen LogP contribution is -2.20. The Kier molecular flexibility index (Phi) is 5.62. The number of nitrogens with one attached hydrogen (secondary N) is 1. The highest BCUT2D eigenvalue weighted by molar-refractivity contribution is 6.02. The van der Waals surface area contributed by atoms with Gasteiger partial charge in [0.2, 0.25) is 0 Å². The predicted molar refractivity (Wildman–Crippen MR) is 90.4 cm³/mol. The van der Waals surface area contributed by atoms with E-state index in [1.807, 2.05) is 31.2 Å². The van der Waals surface area contributed by atoms with Crippen LogP contribution in [0.15, 0.2) is 53.6 Å². The molecule has 2 aromatic rings. The Balaban J connectivity index is 2.10. The van der Waals surface area contributed by atoms with Crippen LogP contribution in [0.4, 0.5) is 5.69 Å². The van der Waals surface area contributed by atoms with Crippen LogP contribution in [0.5, 0.6) is 5.75 Å². The third kappa shape index (κ3) is 4.16. The topological polar surface area (TPSA) is 93.8 Å². The van der Waals surface area contributed by atoms with Crippen molar-refractivity contribution in [1.82, 2.24) is 5.43 Å². The molecule has 7 heteroatoms. The summed E-state index contributed by atoms with van der Waals surface area (Å²) in [6.07, 6.45) is 0.632. The van der Waals surface area contributed by atoms with Crippen LogP contribution >= 0.6 is 0 Å². The van der Waals surface area contributed by atoms with Crippen LogP contribution in [0.2, 0.25) is 0 Å². The van der Waals surface area contributed by atoms with Crippen molar-refractivity contribution in [3.63, 3.8) is 0 Å². The molecule has 0 aliphatic rings. The van der Waals surface area contributed by atoms with Gasteiger partial charge in [-0.25, -0.2) is 5.43 Å². The Labute approximate surface area is 139 Å². The Morgan fingerprint density at radius 3 is 2.21 bits per heavy atom. The van der Waals surface area contributed by atoms with E-state index < -0.39 is 10.8 Å². The van der Waals surface area contributed by atoms with E-state index in [1.54, 1.807) is 7.11 Å². The largest absolute Gasteiger partial charge is 0.497 e. The van der Waals surface area contributed by atoms with Gasteiger partial charge in [-0.2, -0.15) is 5.10 Å². The minimum Gasteiger partial charge on any atom is -0.497 e. The van der Waals surface area contributed by atoms with Gasteiger partial charge in [0.25, 0.3) is 11.6 Å². The third-order valence-corrected chi connectivity index (χ3v) is 3.39. The molecule has 1 N–H and O–H groups in total. The third-order valence-electron chi connectivity index (χ3n) is 3.39. The molecule has 24 heavy (non-hydrogen) atoms. The molecule has 0 saturated carbocycles. The van der Waals surface area contributed by atoms with Crippen molar-refractivity contribution in [2.24, 2.45) is 5.10 Å². The van der Waals surface area contributed by atoms with Crippen LogP contribution in [0.3, 0.4) is 0 Å². The Hall–Kier alpha value is -3.22. The van der Waals surface area contributed by atoms with E-state index in [2.05, 4.69) is 10.5 Å². The summed E-state index contributed by atoms with van der Waals surface area (Å²) in [6, 6.07) is 12.7. The molecular formula is C17H17N3O4. The van der Waals surface area contributed by atoms with Crippen LogP contribution in [0.25, 0.3) is 0 Å². The maximum absolute atomic E-state index is 12.1. The summed E-state index contributed by atoms with van der Waals surface area (Å²) in [5.41, 5.74) is 4.30. The van der Waals surface area contributed by atoms with Gasteiger partial charge in [-0.05, 0) is 48.4 Å². The summed E-state index contributed by atoms with van der Waals surface area (Å²) in [6.45, 7) is 1.93. The number of carbonyl (C=O) groups excluding carboxylic acids is 1. The average Bonchev–Trinajstić information content (AvgIpc) is 2.62. The maximum atomic E-state index is 12.1. The number of hydrazone groups is 1. The smallest absolute Gasteiger partial charge is 0.271 e. The van der Waals surface area contributed by atoms with Crippen LogP contribution in [0, 0.1) is 10.1 Å². The zero-order valence-corrected chi connectivity index (χ0v) is 13.4. The van der Waals surface area contributed by atoms with Gasteiger partial charge in [-0.3, -0.25) is 14.9 Å². The fourth-order valence-electron chi connectivity index (χ4n) is 2.05. The van der Waals surface area contributed by atoms with Gasteiger partial charge in [0.1, 0.15) is 5.75 Å². The molecule has 1 amide bonds. The SMILES string of the molecule is CC/C(=N\NC(=O)c1ccc([N+](=O)[O-])cc1)c1ccc(OC)cc1. The lowest BCUT2D eigenvalue weighted by atomic mass is 10.1. The Morgan fingerprint density at radius 2 is 1.71 bits per heavy atom. The van der Waals surface area contributed by atoms with E-state index in [9.17, 15) is 14.9 Å². The molecular weight excluding hydrogens is 310 g/mol. The van der Waals surface area contributed by atoms with Crippen molar-refractivity contribution in [3.05, 3.63) is 69.8 Å². The molecule has 2 rings (SSSR count). The fourth-order valence-corrected chi connectivity index (χ4v) is 2.05. The summed E-state index contributed by atoms with van der Waals surface area (Å²) < 4.78 is 5.11. The summed E-state index contributed by atoms with van der Waals surface area (Å²) in [4.78, 5) is 22.2. The number of ether oxygens (including phenoxy) is 1. The lowest BCUT2D eigenvalue weighted by molar-refractivity contribution is -0.384. The monoisotopic (exact) mass is 327 g/mol. The fraction of sp³-hybridized carbons (Fsp3) is 0.176. The highest BCUT2D eigenvalue weighted by atomic mass is 16.6. The van der Waals surface area contributed by atoms with Crippen molar-refractivity contribution in [3.8, 4) is 5.75 Å². The first-order valence-corrected chi connectivity index (χ1v) is 7.31. The number of methoxy groups -OCH3 is 1. The number of nitro benzene ring substituents is 1. The molecule has 0 fully saturated rings. The van der Waals surface area contributed by atoms with Crippen LogP contribution < -0.4 is 10.2 Å². The standard InChI is InChI=1S/C17H17N3O4/c1-3-16(12-6-10-15(24-2)11-7-12)18-19-17(21)13-4-8-14(9-5-13)20(22)23/h4-11H,3H2,1-2H3,(H,19,21)/b18-16+. The van der Waals surface area contributed by atoms with Gasteiger partial charge >= 0.3 is 0 Å². The summed E-state index contributed by atoms with van der Waals surface area (Å²) >= 11 is 0. The van der Waals surface area contributed by atoms with Crippen LogP contribution in [0.1, 0.15) is 29.3 Å². The van der Waals surface area contributed by atoms with Gasteiger partial charge in [-0.15, -0.1) is 0 Å². The number of hydrogen-bond donors (Lipinski definition) is 1. The first-order chi connectivity index (χ1) is 11.5. The zero-order chi connectivity index (χ0) is 17.5. The van der Waals surface area contributed by atoms with Crippen molar-refractivity contribution >= 4 is 17.3 Å². The van der Waals surface area contributed by atoms with Gasteiger partial charge in [0.15, 0.2) is 0 Å². The zero-order valence-electron chi connectivity index (χ0n) is 13.4. The molecule has 0 saturated heterocycles. The summed E-state index contributed by atoms with van der Waals surface area (Å²) in [5.74, 6) is 0.313. The Bertz CT molecular complexity index is 752. The molecule has 2 aromatic carbocycles. The molecule has 0 atom stereocenters. The highest BCUT2D eigenvalue weighted by Crippen LogP contribution is 2.14. The van der Waals surface area contributed by atoms with Gasteiger partial charge in [0, 0.05) is 17.7 Å². The number of nitrogens with zero attached hydrogens (tertiary/aromatic N) is 2. The van der Waals surface area contributed by atoms with Gasteiger partial charge in [0.05, 0.1) is 17.7 Å². The molecule has 7 nitrogen and oxygen atoms in total. The first kappa shape index (κ1) is 17.1. The molecule has 0 aliphatic heterocycles. The maximum Gasteiger partial charge on any atom is 0.271 e. The number of hydrogen-bond acceptors (Lipinski definition) is 5. The van der Waals surface area contributed by atoms with Gasteiger partial charge in [-0.1, -0.05) is 6.92 Å². The Morgan fingerprint density at radius 1 is 1.12 bits per heavy atom. The van der Waals surface area contributed by atoms with E-state index in [1.165, 1.54) is 24.3 Å². The second kappa shape index (κ2) is 7.87. The van der Waals surface area contributed by atoms with E-state index >= 15 is 0 Å². The van der Waals surface area contributed by atoms with Crippen molar-refractivity contribution < 1.29 is 14.5 Å². The number of amides is 1. The average molecular weight is 327 g/mol. The molecule has 0 aliphatic carbocycles. The lowest BCUT2D eigenvalue weighted by Gasteiger charge is -2.06. The molecule has 0 spiro atoms. The molecule has 124 valence electrons. The van der Waals surface area contributed by atoms with E-state index in [0.717, 1.165) is 11.3 Å². The van der Waals surface area contributed by atoms with Gasteiger partial charge < -0.3 is 4.74 Å². The van der Waals surface area contributed by atoms with Crippen molar-refractivity contribution in [1.29, 1.82) is 0 Å². The quantitative estimate of drug-likeness (QED) is 0.501. The number of benzene rings is 2. The number of rotatable bonds is 6. The molecule has 0 bridgehead atoms. The second-order valence-electron chi connectivity index (χ2n) is 4.89. The summed E-state index contributed by atoms with van der Waals surface area (Å²) in [7, 11) is 1.59. The van der Waals surface area contributed by atoms with Crippen molar-refractivity contribution in [2.45, 2.75) is 13.3 Å². The molecule has 0 radical (unpaired) electrons. The van der Waals surface area contributed by atoms with Crippen LogP contribution in [-0.2, 0) is 0 Å².